The van der Waals surface area contributed by atoms with Crippen LogP contribution in [0.15, 0.2) is 24.3 Å². The smallest absolute Gasteiger partial charge is 0.539 e. The zero-order chi connectivity index (χ0) is 14.0. The molecule has 6 nitrogen and oxygen atoms in total. The van der Waals surface area contributed by atoms with E-state index in [-0.39, 0.29) is 42.8 Å². The Morgan fingerprint density at radius 1 is 1.33 bits per heavy atom. The first-order chi connectivity index (χ1) is 9.58. The van der Waals surface area contributed by atoms with Gasteiger partial charge in [0.2, 0.25) is 0 Å². The van der Waals surface area contributed by atoms with Crippen molar-refractivity contribution in [1.29, 1.82) is 0 Å². The summed E-state index contributed by atoms with van der Waals surface area (Å²) in [6.07, 6.45) is -2.14. The van der Waals surface area contributed by atoms with Crippen LogP contribution in [0.5, 0.6) is 0 Å². The molecule has 0 aromatic heterocycles. The van der Waals surface area contributed by atoms with Gasteiger partial charge in [0.05, 0.1) is 12.7 Å². The Balaban J connectivity index is 0.00000132. The Bertz CT molecular complexity index is 542. The number of aliphatic hydroxyl groups is 2. The van der Waals surface area contributed by atoms with Gasteiger partial charge in [-0.15, -0.1) is 5.46 Å². The molecule has 5 atom stereocenters. The van der Waals surface area contributed by atoms with Crippen LogP contribution in [-0.2, 0) is 18.7 Å². The van der Waals surface area contributed by atoms with E-state index in [1.165, 1.54) is 0 Å². The van der Waals surface area contributed by atoms with Gasteiger partial charge in [0.25, 0.3) is 0 Å². The Kier molecular flexibility index (Phi) is 4.02. The summed E-state index contributed by atoms with van der Waals surface area (Å²) >= 11 is 0. The van der Waals surface area contributed by atoms with Gasteiger partial charge in [-0.05, 0) is 6.92 Å². The third kappa shape index (κ3) is 2.15. The second kappa shape index (κ2) is 5.30. The van der Waals surface area contributed by atoms with E-state index < -0.39 is 30.9 Å². The molecule has 0 radical (unpaired) electrons. The summed E-state index contributed by atoms with van der Waals surface area (Å²) in [4.78, 5) is 0. The molecular weight excluding hydrogens is 292 g/mol. The zero-order valence-corrected chi connectivity index (χ0v) is 14.1. The number of hydrogen-bond donors (Lipinski definition) is 2. The third-order valence-electron chi connectivity index (χ3n) is 4.34. The molecule has 1 aromatic carbocycles. The fraction of sp³-hybridized carbons (Fsp3) is 0.538. The Hall–Kier alpha value is 0.0449. The van der Waals surface area contributed by atoms with Crippen LogP contribution in [0.3, 0.4) is 0 Å². The molecule has 21 heavy (non-hydrogen) atoms. The molecule has 5 rings (SSSR count). The molecule has 0 spiro atoms. The molecule has 4 aliphatic heterocycles. The predicted molar refractivity (Wildman–Crippen MR) is 69.2 cm³/mol. The number of ether oxygens (including phenoxy) is 1. The molecular formula is C13H16BNaO6. The summed E-state index contributed by atoms with van der Waals surface area (Å²) in [7, 11) is 0. The van der Waals surface area contributed by atoms with Gasteiger partial charge in [0.1, 0.15) is 12.2 Å². The number of fused-ring (bicyclic) bond motifs is 1. The van der Waals surface area contributed by atoms with Crippen LogP contribution in [0.25, 0.3) is 0 Å². The molecule has 4 saturated heterocycles. The fourth-order valence-electron chi connectivity index (χ4n) is 3.25. The zero-order valence-electron chi connectivity index (χ0n) is 12.1. The second-order valence-electron chi connectivity index (χ2n) is 5.68. The van der Waals surface area contributed by atoms with Crippen molar-refractivity contribution in [1.82, 2.24) is 0 Å². The molecule has 2 N–H and O–H groups in total. The molecule has 4 heterocycles. The maximum Gasteiger partial charge on any atom is 1.00 e. The minimum absolute atomic E-state index is 0. The summed E-state index contributed by atoms with van der Waals surface area (Å²) < 4.78 is 23.2. The molecule has 4 bridgehead atoms. The summed E-state index contributed by atoms with van der Waals surface area (Å²) in [5, 5.41) is 19.8. The standard InChI is InChI=1S/C13H16BO6.Na/c1-8-2-4-9(5-3-8)14-17-6-10-11(16)12(19-14)13(7-15,18-10)20-14;/h2-5,10-12,15-16H,6-7H2,1H3;/q-1;+1/t10-,11-,12+,13+,14?;/m1./s1/i6+1,7+1,10+1,11+1,12+1,13+1;. The second-order valence-corrected chi connectivity index (χ2v) is 5.68. The summed E-state index contributed by atoms with van der Waals surface area (Å²) in [6, 6.07) is 7.62. The normalized spacial score (nSPS) is 43.7. The van der Waals surface area contributed by atoms with Crippen molar-refractivity contribution in [3.63, 3.8) is 0 Å². The summed E-state index contributed by atoms with van der Waals surface area (Å²) in [6.45, 7) is -0.417. The minimum atomic E-state index is -2.19. The van der Waals surface area contributed by atoms with E-state index in [0.717, 1.165) is 11.0 Å². The molecule has 108 valence electrons. The van der Waals surface area contributed by atoms with E-state index in [4.69, 9.17) is 18.7 Å². The molecule has 0 amide bonds. The maximum atomic E-state index is 10.2. The predicted octanol–water partition coefficient (Wildman–Crippen LogP) is -3.96. The van der Waals surface area contributed by atoms with Crippen molar-refractivity contribution in [2.75, 3.05) is 13.2 Å². The van der Waals surface area contributed by atoms with E-state index in [1.54, 1.807) is 0 Å². The van der Waals surface area contributed by atoms with E-state index in [0.29, 0.717) is 0 Å². The topological polar surface area (TPSA) is 77.4 Å². The molecule has 4 aliphatic rings. The molecule has 0 aliphatic carbocycles. The van der Waals surface area contributed by atoms with Gasteiger partial charge in [-0.1, -0.05) is 29.8 Å². The Morgan fingerprint density at radius 2 is 2.05 bits per heavy atom. The Labute approximate surface area is 144 Å². The van der Waals surface area contributed by atoms with Crippen molar-refractivity contribution in [2.24, 2.45) is 0 Å². The van der Waals surface area contributed by atoms with Crippen molar-refractivity contribution >= 4 is 12.2 Å². The van der Waals surface area contributed by atoms with Crippen LogP contribution in [0.1, 0.15) is 5.56 Å². The number of hydrogen-bond acceptors (Lipinski definition) is 6. The van der Waals surface area contributed by atoms with E-state index in [2.05, 4.69) is 0 Å². The maximum absolute atomic E-state index is 10.2. The fourth-order valence-corrected chi connectivity index (χ4v) is 3.25. The van der Waals surface area contributed by atoms with Crippen molar-refractivity contribution in [3.8, 4) is 0 Å². The van der Waals surface area contributed by atoms with Gasteiger partial charge < -0.3 is 28.9 Å². The van der Waals surface area contributed by atoms with Gasteiger partial charge in [-0.25, -0.2) is 0 Å². The van der Waals surface area contributed by atoms with Gasteiger partial charge in [-0.3, -0.25) is 0 Å². The van der Waals surface area contributed by atoms with Gasteiger partial charge in [0.15, 0.2) is 5.79 Å². The van der Waals surface area contributed by atoms with E-state index >= 15 is 0 Å². The van der Waals surface area contributed by atoms with E-state index in [1.807, 2.05) is 31.2 Å². The number of benzene rings is 1. The van der Waals surface area contributed by atoms with Gasteiger partial charge in [0, 0.05) is 6.61 Å². The van der Waals surface area contributed by atoms with Crippen LogP contribution < -0.4 is 35.0 Å². The first-order valence-electron chi connectivity index (χ1n) is 6.78. The minimum Gasteiger partial charge on any atom is -0.539 e. The molecule has 0 saturated carbocycles. The van der Waals surface area contributed by atoms with Crippen molar-refractivity contribution in [2.45, 2.75) is 31.0 Å². The van der Waals surface area contributed by atoms with Crippen LogP contribution in [0, 0.1) is 6.92 Å². The Morgan fingerprint density at radius 3 is 2.67 bits per heavy atom. The first kappa shape index (κ1) is 15.9. The largest absolute Gasteiger partial charge is 1.00 e. The summed E-state index contributed by atoms with van der Waals surface area (Å²) in [5.41, 5.74) is 1.86. The average Bonchev–Trinajstić information content (AvgIpc) is 2.75. The number of aliphatic hydroxyl groups excluding tert-OH is 2. The molecule has 4 fully saturated rings. The number of aryl methyl sites for hydroxylation is 1. The van der Waals surface area contributed by atoms with Crippen LogP contribution in [0.4, 0.5) is 0 Å². The first-order valence-corrected chi connectivity index (χ1v) is 6.78. The van der Waals surface area contributed by atoms with Crippen LogP contribution >= 0.6 is 0 Å². The van der Waals surface area contributed by atoms with E-state index in [9.17, 15) is 10.2 Å². The summed E-state index contributed by atoms with van der Waals surface area (Å²) in [5.74, 6) is -1.33. The quantitative estimate of drug-likeness (QED) is 0.429. The molecule has 8 heteroatoms. The molecule has 1 unspecified atom stereocenters. The monoisotopic (exact) mass is 308 g/mol. The van der Waals surface area contributed by atoms with Gasteiger partial charge >= 0.3 is 36.3 Å². The van der Waals surface area contributed by atoms with Gasteiger partial charge in [-0.2, -0.15) is 0 Å². The SMILES string of the molecule is Cc1ccc([B-]23O[13CH2][13C@H]4O[13C@@]([13CH2]O)(O2)[13C@@H](O3)[13C@@H]4O)cc1.[Na+]. The number of rotatable bonds is 2. The molecule has 1 aromatic rings. The van der Waals surface area contributed by atoms with Crippen LogP contribution in [-0.4, -0.2) is 54.3 Å². The average molecular weight is 308 g/mol. The third-order valence-corrected chi connectivity index (χ3v) is 4.34. The van der Waals surface area contributed by atoms with Crippen molar-refractivity contribution < 1.29 is 58.5 Å². The van der Waals surface area contributed by atoms with Crippen LogP contribution in [0.2, 0.25) is 0 Å². The van der Waals surface area contributed by atoms with Crippen molar-refractivity contribution in [3.05, 3.63) is 29.8 Å².